The van der Waals surface area contributed by atoms with Crippen LogP contribution in [-0.4, -0.2) is 16.8 Å². The fraction of sp³-hybridized carbons (Fsp3) is 0.176. The van der Waals surface area contributed by atoms with E-state index in [1.54, 1.807) is 11.1 Å². The summed E-state index contributed by atoms with van der Waals surface area (Å²) in [4.78, 5) is 11.5. The molecular weight excluding hydrogens is 380 g/mol. The highest BCUT2D eigenvalue weighted by molar-refractivity contribution is 9.10. The summed E-state index contributed by atoms with van der Waals surface area (Å²) in [6, 6.07) is 14.9. The minimum atomic E-state index is -1.01. The Morgan fingerprint density at radius 3 is 2.48 bits per heavy atom. The first kappa shape index (κ1) is 16.0. The molecule has 1 heterocycles. The molecule has 1 aliphatic rings. The van der Waals surface area contributed by atoms with Gasteiger partial charge in [0, 0.05) is 10.4 Å². The average Bonchev–Trinajstić information content (AvgIpc) is 2.86. The van der Waals surface area contributed by atoms with Crippen LogP contribution in [0.2, 0.25) is 5.02 Å². The second-order valence-electron chi connectivity index (χ2n) is 5.37. The first-order valence-electron chi connectivity index (χ1n) is 7.10. The number of nitrogens with zero attached hydrogens (tertiary/aromatic N) is 2. The van der Waals surface area contributed by atoms with Gasteiger partial charge in [-0.25, -0.2) is 4.79 Å². The van der Waals surface area contributed by atoms with Crippen LogP contribution in [0.1, 0.15) is 18.5 Å². The molecule has 0 bridgehead atoms. The first-order chi connectivity index (χ1) is 11.0. The third kappa shape index (κ3) is 2.99. The summed E-state index contributed by atoms with van der Waals surface area (Å²) in [5.74, 6) is -1.26. The predicted molar refractivity (Wildman–Crippen MR) is 95.0 cm³/mol. The molecule has 0 unspecified atom stereocenters. The van der Waals surface area contributed by atoms with E-state index >= 15 is 0 Å². The van der Waals surface area contributed by atoms with E-state index in [2.05, 4.69) is 21.0 Å². The molecule has 1 N–H and O–H groups in total. The lowest BCUT2D eigenvalue weighted by atomic mass is 9.91. The van der Waals surface area contributed by atoms with E-state index < -0.39 is 5.97 Å². The largest absolute Gasteiger partial charge is 0.477 e. The molecule has 2 aromatic carbocycles. The fourth-order valence-electron chi connectivity index (χ4n) is 2.80. The van der Waals surface area contributed by atoms with Crippen molar-refractivity contribution in [1.82, 2.24) is 0 Å². The van der Waals surface area contributed by atoms with Gasteiger partial charge in [0.1, 0.15) is 0 Å². The van der Waals surface area contributed by atoms with Crippen molar-refractivity contribution in [3.8, 4) is 0 Å². The molecule has 0 saturated carbocycles. The van der Waals surface area contributed by atoms with E-state index in [4.69, 9.17) is 11.6 Å². The maximum Gasteiger partial charge on any atom is 0.352 e. The summed E-state index contributed by atoms with van der Waals surface area (Å²) in [6.45, 7) is 1.87. The number of carboxylic acid groups (broad SMARTS) is 1. The number of hydrazone groups is 1. The van der Waals surface area contributed by atoms with Gasteiger partial charge in [0.05, 0.1) is 16.8 Å². The van der Waals surface area contributed by atoms with Crippen molar-refractivity contribution < 1.29 is 9.90 Å². The molecule has 0 fully saturated rings. The van der Waals surface area contributed by atoms with Gasteiger partial charge in [0.15, 0.2) is 5.71 Å². The second kappa shape index (κ2) is 6.34. The molecule has 0 aromatic heterocycles. The van der Waals surface area contributed by atoms with Crippen LogP contribution in [0.15, 0.2) is 58.1 Å². The maximum atomic E-state index is 11.5. The molecule has 118 valence electrons. The number of halogens is 2. The topological polar surface area (TPSA) is 52.9 Å². The molecule has 0 radical (unpaired) electrons. The zero-order chi connectivity index (χ0) is 16.6. The SMILES string of the molecule is C[C@H]1C(C(=O)O)=NN(c2ccccc2Cl)[C@H]1c1ccc(Br)cc1. The lowest BCUT2D eigenvalue weighted by molar-refractivity contribution is -0.129. The van der Waals surface area contributed by atoms with Crippen LogP contribution in [0.25, 0.3) is 0 Å². The standard InChI is InChI=1S/C17H14BrClN2O2/c1-10-15(17(22)23)20-21(14-5-3-2-4-13(14)19)16(10)11-6-8-12(18)9-7-11/h2-10,16H,1H3,(H,22,23)/t10-,16+/m0/s1. The van der Waals surface area contributed by atoms with Crippen LogP contribution in [0.5, 0.6) is 0 Å². The molecule has 0 amide bonds. The highest BCUT2D eigenvalue weighted by Crippen LogP contribution is 2.41. The van der Waals surface area contributed by atoms with Gasteiger partial charge in [-0.15, -0.1) is 0 Å². The summed E-state index contributed by atoms with van der Waals surface area (Å²) in [5.41, 5.74) is 1.82. The Labute approximate surface area is 147 Å². The third-order valence-electron chi connectivity index (χ3n) is 3.91. The third-order valence-corrected chi connectivity index (χ3v) is 4.76. The van der Waals surface area contributed by atoms with Gasteiger partial charge >= 0.3 is 5.97 Å². The van der Waals surface area contributed by atoms with Crippen LogP contribution in [0.4, 0.5) is 5.69 Å². The van der Waals surface area contributed by atoms with E-state index in [0.29, 0.717) is 10.7 Å². The number of rotatable bonds is 3. The van der Waals surface area contributed by atoms with E-state index in [1.807, 2.05) is 49.4 Å². The molecule has 3 rings (SSSR count). The summed E-state index contributed by atoms with van der Waals surface area (Å²) in [7, 11) is 0. The molecule has 0 spiro atoms. The predicted octanol–water partition coefficient (Wildman–Crippen LogP) is 4.74. The Balaban J connectivity index is 2.10. The summed E-state index contributed by atoms with van der Waals surface area (Å²) >= 11 is 9.71. The van der Waals surface area contributed by atoms with Crippen molar-refractivity contribution in [3.63, 3.8) is 0 Å². The van der Waals surface area contributed by atoms with Crippen LogP contribution in [0.3, 0.4) is 0 Å². The Morgan fingerprint density at radius 1 is 1.22 bits per heavy atom. The summed E-state index contributed by atoms with van der Waals surface area (Å²) in [6.07, 6.45) is 0. The number of hydrogen-bond acceptors (Lipinski definition) is 3. The second-order valence-corrected chi connectivity index (χ2v) is 6.69. The van der Waals surface area contributed by atoms with Crippen LogP contribution in [-0.2, 0) is 4.79 Å². The van der Waals surface area contributed by atoms with Crippen molar-refractivity contribution in [1.29, 1.82) is 0 Å². The Morgan fingerprint density at radius 2 is 1.87 bits per heavy atom. The van der Waals surface area contributed by atoms with Gasteiger partial charge in [0.2, 0.25) is 0 Å². The lowest BCUT2D eigenvalue weighted by Gasteiger charge is -2.27. The molecule has 23 heavy (non-hydrogen) atoms. The van der Waals surface area contributed by atoms with Crippen molar-refractivity contribution in [2.75, 3.05) is 5.01 Å². The highest BCUT2D eigenvalue weighted by atomic mass is 79.9. The molecular formula is C17H14BrClN2O2. The van der Waals surface area contributed by atoms with Crippen LogP contribution >= 0.6 is 27.5 Å². The number of carboxylic acids is 1. The quantitative estimate of drug-likeness (QED) is 0.819. The van der Waals surface area contributed by atoms with Crippen LogP contribution in [0, 0.1) is 5.92 Å². The van der Waals surface area contributed by atoms with Gasteiger partial charge in [-0.1, -0.05) is 58.7 Å². The zero-order valence-electron chi connectivity index (χ0n) is 12.3. The maximum absolute atomic E-state index is 11.5. The Kier molecular flexibility index (Phi) is 4.41. The van der Waals surface area contributed by atoms with Crippen LogP contribution < -0.4 is 5.01 Å². The molecule has 0 aliphatic carbocycles. The number of carbonyl (C=O) groups is 1. The normalized spacial score (nSPS) is 20.5. The molecule has 2 aromatic rings. The lowest BCUT2D eigenvalue weighted by Crippen LogP contribution is -2.26. The number of benzene rings is 2. The van der Waals surface area contributed by atoms with Crippen molar-refractivity contribution >= 4 is 44.9 Å². The van der Waals surface area contributed by atoms with Crippen molar-refractivity contribution in [3.05, 3.63) is 63.6 Å². The smallest absolute Gasteiger partial charge is 0.352 e. The molecule has 6 heteroatoms. The number of para-hydroxylation sites is 1. The first-order valence-corrected chi connectivity index (χ1v) is 8.27. The van der Waals surface area contributed by atoms with E-state index in [-0.39, 0.29) is 17.7 Å². The highest BCUT2D eigenvalue weighted by Gasteiger charge is 2.39. The zero-order valence-corrected chi connectivity index (χ0v) is 14.6. The molecule has 1 aliphatic heterocycles. The Bertz CT molecular complexity index is 776. The minimum Gasteiger partial charge on any atom is -0.477 e. The van der Waals surface area contributed by atoms with E-state index in [1.165, 1.54) is 0 Å². The van der Waals surface area contributed by atoms with Crippen molar-refractivity contribution in [2.45, 2.75) is 13.0 Å². The van der Waals surface area contributed by atoms with Gasteiger partial charge in [-0.2, -0.15) is 5.10 Å². The monoisotopic (exact) mass is 392 g/mol. The fourth-order valence-corrected chi connectivity index (χ4v) is 3.29. The minimum absolute atomic E-state index is 0.137. The van der Waals surface area contributed by atoms with Crippen molar-refractivity contribution in [2.24, 2.45) is 11.0 Å². The summed E-state index contributed by atoms with van der Waals surface area (Å²) < 4.78 is 0.968. The molecule has 0 saturated heterocycles. The number of anilines is 1. The molecule has 2 atom stereocenters. The molecule has 4 nitrogen and oxygen atoms in total. The van der Waals surface area contributed by atoms with E-state index in [0.717, 1.165) is 10.0 Å². The van der Waals surface area contributed by atoms with E-state index in [9.17, 15) is 9.90 Å². The van der Waals surface area contributed by atoms with Gasteiger partial charge in [0.25, 0.3) is 0 Å². The van der Waals surface area contributed by atoms with Gasteiger partial charge in [-0.3, -0.25) is 5.01 Å². The number of aliphatic carboxylic acids is 1. The average molecular weight is 394 g/mol. The Hall–Kier alpha value is -1.85. The van der Waals surface area contributed by atoms with Gasteiger partial charge in [-0.05, 0) is 29.8 Å². The number of hydrogen-bond donors (Lipinski definition) is 1. The van der Waals surface area contributed by atoms with Gasteiger partial charge < -0.3 is 5.11 Å². The summed E-state index contributed by atoms with van der Waals surface area (Å²) in [5, 5.41) is 16.0.